The third-order valence-corrected chi connectivity index (χ3v) is 3.46. The van der Waals surface area contributed by atoms with Gasteiger partial charge in [-0.05, 0) is 36.4 Å². The highest BCUT2D eigenvalue weighted by molar-refractivity contribution is 5.96. The molecule has 0 N–H and O–H groups in total. The first-order chi connectivity index (χ1) is 11.7. The Morgan fingerprint density at radius 1 is 1.08 bits per heavy atom. The standard InChI is InChI=1S/C19H18N2O3/c1-2-18(22)15-8-10-17(11-9-15)24-14-19(23)21(13-12-20)16-6-4-3-5-7-16/h3-11H,2,13-14H2,1H3. The van der Waals surface area contributed by atoms with Crippen LogP contribution in [0.3, 0.4) is 0 Å². The molecule has 5 heteroatoms. The Kier molecular flexibility index (Phi) is 6.09. The maximum absolute atomic E-state index is 12.3. The minimum Gasteiger partial charge on any atom is -0.484 e. The molecule has 1 amide bonds. The molecule has 0 heterocycles. The summed E-state index contributed by atoms with van der Waals surface area (Å²) in [6, 6.07) is 17.6. The first kappa shape index (κ1) is 17.2. The SMILES string of the molecule is CCC(=O)c1ccc(OCC(=O)N(CC#N)c2ccccc2)cc1. The largest absolute Gasteiger partial charge is 0.484 e. The summed E-state index contributed by atoms with van der Waals surface area (Å²) in [4.78, 5) is 25.3. The van der Waals surface area contributed by atoms with Crippen molar-refractivity contribution in [1.82, 2.24) is 0 Å². The van der Waals surface area contributed by atoms with Crippen molar-refractivity contribution < 1.29 is 14.3 Å². The van der Waals surface area contributed by atoms with Crippen molar-refractivity contribution in [3.05, 3.63) is 60.2 Å². The average molecular weight is 322 g/mol. The highest BCUT2D eigenvalue weighted by Gasteiger charge is 2.16. The fourth-order valence-corrected chi connectivity index (χ4v) is 2.17. The first-order valence-electron chi connectivity index (χ1n) is 7.64. The smallest absolute Gasteiger partial charge is 0.265 e. The van der Waals surface area contributed by atoms with E-state index in [9.17, 15) is 9.59 Å². The molecule has 0 saturated heterocycles. The van der Waals surface area contributed by atoms with Crippen LogP contribution in [-0.4, -0.2) is 24.8 Å². The van der Waals surface area contributed by atoms with Crippen molar-refractivity contribution in [2.75, 3.05) is 18.1 Å². The molecular formula is C19H18N2O3. The Morgan fingerprint density at radius 2 is 1.75 bits per heavy atom. The van der Waals surface area contributed by atoms with E-state index in [1.807, 2.05) is 12.1 Å². The van der Waals surface area contributed by atoms with Crippen LogP contribution in [0, 0.1) is 11.3 Å². The Bertz CT molecular complexity index is 733. The number of nitriles is 1. The summed E-state index contributed by atoms with van der Waals surface area (Å²) < 4.78 is 5.47. The van der Waals surface area contributed by atoms with Crippen LogP contribution in [0.15, 0.2) is 54.6 Å². The fraction of sp³-hybridized carbons (Fsp3) is 0.211. The third-order valence-electron chi connectivity index (χ3n) is 3.46. The van der Waals surface area contributed by atoms with Gasteiger partial charge in [-0.1, -0.05) is 25.1 Å². The Hall–Kier alpha value is -3.13. The van der Waals surface area contributed by atoms with Crippen LogP contribution in [0.2, 0.25) is 0 Å². The van der Waals surface area contributed by atoms with E-state index >= 15 is 0 Å². The minimum atomic E-state index is -0.309. The number of benzene rings is 2. The van der Waals surface area contributed by atoms with Crippen LogP contribution in [0.4, 0.5) is 5.69 Å². The van der Waals surface area contributed by atoms with E-state index in [0.29, 0.717) is 23.4 Å². The number of ketones is 1. The maximum atomic E-state index is 12.3. The number of nitrogens with zero attached hydrogens (tertiary/aromatic N) is 2. The van der Waals surface area contributed by atoms with E-state index in [-0.39, 0.29) is 24.8 Å². The summed E-state index contributed by atoms with van der Waals surface area (Å²) >= 11 is 0. The van der Waals surface area contributed by atoms with Gasteiger partial charge in [-0.3, -0.25) is 14.5 Å². The van der Waals surface area contributed by atoms with Gasteiger partial charge in [0.2, 0.25) is 0 Å². The highest BCUT2D eigenvalue weighted by atomic mass is 16.5. The second kappa shape index (κ2) is 8.49. The minimum absolute atomic E-state index is 0.0455. The quantitative estimate of drug-likeness (QED) is 0.580. The normalized spacial score (nSPS) is 9.83. The molecule has 2 rings (SSSR count). The lowest BCUT2D eigenvalue weighted by Gasteiger charge is -2.19. The van der Waals surface area contributed by atoms with Crippen molar-refractivity contribution in [2.24, 2.45) is 0 Å². The molecule has 2 aromatic carbocycles. The number of ether oxygens (including phenoxy) is 1. The molecule has 0 unspecified atom stereocenters. The van der Waals surface area contributed by atoms with E-state index in [1.165, 1.54) is 4.90 Å². The zero-order chi connectivity index (χ0) is 17.4. The summed E-state index contributed by atoms with van der Waals surface area (Å²) in [5, 5.41) is 8.92. The van der Waals surface area contributed by atoms with Crippen LogP contribution in [0.25, 0.3) is 0 Å². The van der Waals surface area contributed by atoms with E-state index in [1.54, 1.807) is 55.5 Å². The molecular weight excluding hydrogens is 304 g/mol. The van der Waals surface area contributed by atoms with Crippen LogP contribution < -0.4 is 9.64 Å². The van der Waals surface area contributed by atoms with Gasteiger partial charge in [-0.15, -0.1) is 0 Å². The molecule has 24 heavy (non-hydrogen) atoms. The Morgan fingerprint density at radius 3 is 2.33 bits per heavy atom. The fourth-order valence-electron chi connectivity index (χ4n) is 2.17. The van der Waals surface area contributed by atoms with Crippen molar-refractivity contribution in [3.63, 3.8) is 0 Å². The van der Waals surface area contributed by atoms with E-state index < -0.39 is 0 Å². The summed E-state index contributed by atoms with van der Waals surface area (Å²) in [7, 11) is 0. The lowest BCUT2D eigenvalue weighted by atomic mass is 10.1. The third kappa shape index (κ3) is 4.43. The number of anilines is 1. The van der Waals surface area contributed by atoms with Gasteiger partial charge < -0.3 is 4.74 Å². The molecule has 0 saturated carbocycles. The van der Waals surface area contributed by atoms with Crippen LogP contribution >= 0.6 is 0 Å². The number of carbonyl (C=O) groups is 2. The summed E-state index contributed by atoms with van der Waals surface area (Å²) in [5.41, 5.74) is 1.27. The average Bonchev–Trinajstić information content (AvgIpc) is 2.64. The van der Waals surface area contributed by atoms with Gasteiger partial charge in [0.1, 0.15) is 12.3 Å². The van der Waals surface area contributed by atoms with Crippen LogP contribution in [0.5, 0.6) is 5.75 Å². The molecule has 5 nitrogen and oxygen atoms in total. The van der Waals surface area contributed by atoms with Gasteiger partial charge in [0.25, 0.3) is 5.91 Å². The number of Topliss-reactive ketones (excluding diaryl/α,β-unsaturated/α-hetero) is 1. The number of hydrogen-bond acceptors (Lipinski definition) is 4. The zero-order valence-corrected chi connectivity index (χ0v) is 13.4. The van der Waals surface area contributed by atoms with Gasteiger partial charge in [-0.25, -0.2) is 0 Å². The second-order valence-corrected chi connectivity index (χ2v) is 5.06. The topological polar surface area (TPSA) is 70.4 Å². The monoisotopic (exact) mass is 322 g/mol. The predicted octanol–water partition coefficient (Wildman–Crippen LogP) is 3.21. The van der Waals surface area contributed by atoms with E-state index in [4.69, 9.17) is 10.00 Å². The first-order valence-corrected chi connectivity index (χ1v) is 7.64. The van der Waals surface area contributed by atoms with Crippen LogP contribution in [-0.2, 0) is 4.79 Å². The molecule has 0 aliphatic carbocycles. The molecule has 0 fully saturated rings. The molecule has 0 radical (unpaired) electrons. The maximum Gasteiger partial charge on any atom is 0.265 e. The van der Waals surface area contributed by atoms with E-state index in [2.05, 4.69) is 0 Å². The number of amides is 1. The molecule has 0 bridgehead atoms. The predicted molar refractivity (Wildman–Crippen MR) is 91.0 cm³/mol. The molecule has 0 aliphatic rings. The van der Waals surface area contributed by atoms with Crippen molar-refractivity contribution in [2.45, 2.75) is 13.3 Å². The number of carbonyl (C=O) groups excluding carboxylic acids is 2. The van der Waals surface area contributed by atoms with Gasteiger partial charge in [0.15, 0.2) is 12.4 Å². The summed E-state index contributed by atoms with van der Waals surface area (Å²) in [6.45, 7) is 1.58. The van der Waals surface area contributed by atoms with Gasteiger partial charge in [-0.2, -0.15) is 5.26 Å². The molecule has 0 aromatic heterocycles. The van der Waals surface area contributed by atoms with Gasteiger partial charge >= 0.3 is 0 Å². The number of rotatable bonds is 7. The molecule has 0 spiro atoms. The molecule has 2 aromatic rings. The lowest BCUT2D eigenvalue weighted by molar-refractivity contribution is -0.120. The Balaban J connectivity index is 2.00. The molecule has 0 atom stereocenters. The molecule has 122 valence electrons. The second-order valence-electron chi connectivity index (χ2n) is 5.06. The number of hydrogen-bond donors (Lipinski definition) is 0. The summed E-state index contributed by atoms with van der Waals surface area (Å²) in [5.74, 6) is 0.249. The highest BCUT2D eigenvalue weighted by Crippen LogP contribution is 2.16. The van der Waals surface area contributed by atoms with Crippen molar-refractivity contribution >= 4 is 17.4 Å². The molecule has 0 aliphatic heterocycles. The zero-order valence-electron chi connectivity index (χ0n) is 13.4. The lowest BCUT2D eigenvalue weighted by Crippen LogP contribution is -2.35. The van der Waals surface area contributed by atoms with Gasteiger partial charge in [0.05, 0.1) is 6.07 Å². The van der Waals surface area contributed by atoms with Crippen molar-refractivity contribution in [1.29, 1.82) is 5.26 Å². The Labute approximate surface area is 141 Å². The summed E-state index contributed by atoms with van der Waals surface area (Å²) in [6.07, 6.45) is 0.443. The van der Waals surface area contributed by atoms with Gasteiger partial charge in [0, 0.05) is 17.7 Å². The van der Waals surface area contributed by atoms with Crippen molar-refractivity contribution in [3.8, 4) is 11.8 Å². The number of para-hydroxylation sites is 1. The van der Waals surface area contributed by atoms with E-state index in [0.717, 1.165) is 0 Å². The van der Waals surface area contributed by atoms with Crippen LogP contribution in [0.1, 0.15) is 23.7 Å².